The largest absolute Gasteiger partial charge is 0.460 e. The Kier molecular flexibility index (Phi) is 24.6. The lowest BCUT2D eigenvalue weighted by molar-refractivity contribution is -0.137. The van der Waals surface area contributed by atoms with Crippen LogP contribution in [0.25, 0.3) is 11.1 Å². The Morgan fingerprint density at radius 2 is 0.941 bits per heavy atom. The minimum absolute atomic E-state index is 0.0101. The second kappa shape index (κ2) is 31.1. The molecule has 0 spiro atoms. The Morgan fingerprint density at radius 3 is 1.43 bits per heavy atom. The average Bonchev–Trinajstić information content (AvgIpc) is 3.66. The van der Waals surface area contributed by atoms with Gasteiger partial charge in [0.15, 0.2) is 0 Å². The monoisotopic (exact) mass is 956 g/mol. The molecule has 0 fully saturated rings. The molecule has 0 unspecified atom stereocenters. The standard InChI is InChI=1S/C50H63F3N2O13/c1-55(49(57)68-38-46-43-13-4-2-11-41(43)42-12-3-5-14-44(42)46)17-18-58-19-20-59-21-22-60-23-24-61-25-26-62-27-28-63-29-30-64-31-32-65-33-34-66-35-36-67-48(56)45-15-6-7-16-47(45)54-40-10-8-9-39(37-40)50(51,52)53/h2-16,37,46,54H,17-36,38H2,1H3. The second-order valence-electron chi connectivity index (χ2n) is 15.1. The fourth-order valence-corrected chi connectivity index (χ4v) is 6.83. The molecule has 18 heteroatoms. The number of benzene rings is 4. The number of halogens is 3. The Bertz CT molecular complexity index is 2010. The Morgan fingerprint density at radius 1 is 0.515 bits per heavy atom. The maximum atomic E-state index is 13.1. The van der Waals surface area contributed by atoms with Crippen molar-refractivity contribution in [2.45, 2.75) is 12.1 Å². The molecule has 0 heterocycles. The normalized spacial score (nSPS) is 12.2. The Hall–Kier alpha value is -5.15. The number of ether oxygens (including phenoxy) is 11. The van der Waals surface area contributed by atoms with Gasteiger partial charge in [0.05, 0.1) is 136 Å². The number of carbonyl (C=O) groups is 2. The number of hydrogen-bond donors (Lipinski definition) is 1. The van der Waals surface area contributed by atoms with E-state index in [0.717, 1.165) is 12.1 Å². The van der Waals surface area contributed by atoms with E-state index < -0.39 is 17.7 Å². The third-order valence-electron chi connectivity index (χ3n) is 10.3. The summed E-state index contributed by atoms with van der Waals surface area (Å²) in [5.41, 5.74) is 4.63. The molecule has 0 saturated heterocycles. The number of amides is 1. The number of alkyl halides is 3. The fraction of sp³-hybridized carbons (Fsp3) is 0.480. The molecular weight excluding hydrogens is 894 g/mol. The van der Waals surface area contributed by atoms with Crippen molar-refractivity contribution in [3.8, 4) is 11.1 Å². The summed E-state index contributed by atoms with van der Waals surface area (Å²) in [5, 5.41) is 2.86. The van der Waals surface area contributed by atoms with E-state index in [0.29, 0.717) is 125 Å². The van der Waals surface area contributed by atoms with Gasteiger partial charge >= 0.3 is 18.2 Å². The number of rotatable bonds is 35. The van der Waals surface area contributed by atoms with E-state index in [9.17, 15) is 22.8 Å². The molecule has 0 aromatic heterocycles. The molecule has 1 aliphatic rings. The molecular formula is C50H63F3N2O13. The molecule has 5 rings (SSSR count). The van der Waals surface area contributed by atoms with Gasteiger partial charge in [0.25, 0.3) is 0 Å². The van der Waals surface area contributed by atoms with Gasteiger partial charge in [-0.2, -0.15) is 13.2 Å². The number of likely N-dealkylation sites (N-methyl/N-ethyl adjacent to an activating group) is 1. The average molecular weight is 957 g/mol. The van der Waals surface area contributed by atoms with Crippen LogP contribution in [0.2, 0.25) is 0 Å². The maximum Gasteiger partial charge on any atom is 0.416 e. The molecule has 4 aromatic rings. The summed E-state index contributed by atoms with van der Waals surface area (Å²) in [7, 11) is 1.70. The molecule has 1 N–H and O–H groups in total. The first-order chi connectivity index (χ1) is 33.2. The van der Waals surface area contributed by atoms with Gasteiger partial charge < -0.3 is 62.3 Å². The van der Waals surface area contributed by atoms with Gasteiger partial charge in [-0.05, 0) is 52.6 Å². The van der Waals surface area contributed by atoms with Crippen molar-refractivity contribution in [1.29, 1.82) is 0 Å². The zero-order valence-corrected chi connectivity index (χ0v) is 38.6. The van der Waals surface area contributed by atoms with Crippen molar-refractivity contribution in [3.05, 3.63) is 119 Å². The lowest BCUT2D eigenvalue weighted by Gasteiger charge is -2.19. The highest BCUT2D eigenvalue weighted by molar-refractivity contribution is 5.96. The number of carbonyl (C=O) groups excluding carboxylic acids is 2. The summed E-state index contributed by atoms with van der Waals surface area (Å²) in [5.74, 6) is -0.613. The van der Waals surface area contributed by atoms with E-state index in [4.69, 9.17) is 52.1 Å². The fourth-order valence-electron chi connectivity index (χ4n) is 6.83. The third-order valence-corrected chi connectivity index (χ3v) is 10.3. The molecule has 1 aliphatic carbocycles. The number of para-hydroxylation sites is 1. The Balaban J connectivity index is 0.712. The summed E-state index contributed by atoms with van der Waals surface area (Å²) in [4.78, 5) is 26.8. The number of esters is 1. The predicted octanol–water partition coefficient (Wildman–Crippen LogP) is 7.64. The summed E-state index contributed by atoms with van der Waals surface area (Å²) in [6, 6.07) is 27.6. The SMILES string of the molecule is CN(CCOCCOCCOCCOCCOCCOCCOCCOCCOCCOC(=O)c1ccccc1Nc1cccc(C(F)(F)F)c1)C(=O)OCC1c2ccccc2-c2ccccc21. The van der Waals surface area contributed by atoms with Gasteiger partial charge in [-0.3, -0.25) is 0 Å². The minimum Gasteiger partial charge on any atom is -0.460 e. The highest BCUT2D eigenvalue weighted by Gasteiger charge is 2.31. The van der Waals surface area contributed by atoms with Crippen LogP contribution < -0.4 is 5.32 Å². The van der Waals surface area contributed by atoms with E-state index in [1.165, 1.54) is 45.4 Å². The van der Waals surface area contributed by atoms with Gasteiger partial charge in [-0.25, -0.2) is 9.59 Å². The second-order valence-corrected chi connectivity index (χ2v) is 15.1. The number of hydrogen-bond acceptors (Lipinski definition) is 14. The van der Waals surface area contributed by atoms with Gasteiger partial charge in [0, 0.05) is 25.2 Å². The topological polar surface area (TPSA) is 151 Å². The molecule has 15 nitrogen and oxygen atoms in total. The van der Waals surface area contributed by atoms with Crippen molar-refractivity contribution in [3.63, 3.8) is 0 Å². The number of anilines is 2. The highest BCUT2D eigenvalue weighted by atomic mass is 19.4. The van der Waals surface area contributed by atoms with Crippen molar-refractivity contribution in [2.75, 3.05) is 151 Å². The molecule has 372 valence electrons. The zero-order valence-electron chi connectivity index (χ0n) is 38.6. The van der Waals surface area contributed by atoms with Crippen LogP contribution >= 0.6 is 0 Å². The van der Waals surface area contributed by atoms with Crippen LogP contribution in [0.1, 0.15) is 33.0 Å². The summed E-state index contributed by atoms with van der Waals surface area (Å²) < 4.78 is 99.9. The van der Waals surface area contributed by atoms with Crippen molar-refractivity contribution in [1.82, 2.24) is 4.90 Å². The van der Waals surface area contributed by atoms with Crippen molar-refractivity contribution >= 4 is 23.4 Å². The van der Waals surface area contributed by atoms with E-state index in [-0.39, 0.29) is 43.1 Å². The van der Waals surface area contributed by atoms with E-state index in [1.54, 1.807) is 25.2 Å². The van der Waals surface area contributed by atoms with E-state index >= 15 is 0 Å². The van der Waals surface area contributed by atoms with Crippen molar-refractivity contribution < 1.29 is 74.9 Å². The van der Waals surface area contributed by atoms with Crippen LogP contribution in [0.4, 0.5) is 29.3 Å². The first-order valence-electron chi connectivity index (χ1n) is 22.7. The maximum absolute atomic E-state index is 13.1. The molecule has 0 saturated carbocycles. The van der Waals surface area contributed by atoms with Gasteiger partial charge in [-0.15, -0.1) is 0 Å². The number of nitrogens with zero attached hydrogens (tertiary/aromatic N) is 1. The number of fused-ring (bicyclic) bond motifs is 3. The van der Waals surface area contributed by atoms with E-state index in [1.807, 2.05) is 24.3 Å². The molecule has 0 aliphatic heterocycles. The smallest absolute Gasteiger partial charge is 0.416 e. The summed E-state index contributed by atoms with van der Waals surface area (Å²) in [6.45, 7) is 7.77. The third kappa shape index (κ3) is 19.5. The van der Waals surface area contributed by atoms with Gasteiger partial charge in [-0.1, -0.05) is 66.7 Å². The molecule has 0 bridgehead atoms. The van der Waals surface area contributed by atoms with Crippen molar-refractivity contribution in [2.24, 2.45) is 0 Å². The van der Waals surface area contributed by atoms with Crippen LogP contribution in [0, 0.1) is 0 Å². The summed E-state index contributed by atoms with van der Waals surface area (Å²) in [6.07, 6.45) is -4.87. The molecule has 0 atom stereocenters. The lowest BCUT2D eigenvalue weighted by Crippen LogP contribution is -2.32. The first-order valence-corrected chi connectivity index (χ1v) is 22.7. The lowest BCUT2D eigenvalue weighted by atomic mass is 9.98. The summed E-state index contributed by atoms with van der Waals surface area (Å²) >= 11 is 0. The van der Waals surface area contributed by atoms with Gasteiger partial charge in [0.2, 0.25) is 0 Å². The van der Waals surface area contributed by atoms with Crippen LogP contribution in [-0.4, -0.2) is 163 Å². The molecule has 4 aromatic carbocycles. The number of nitrogens with one attached hydrogen (secondary N) is 1. The molecule has 68 heavy (non-hydrogen) atoms. The molecule has 0 radical (unpaired) electrons. The van der Waals surface area contributed by atoms with Gasteiger partial charge in [0.1, 0.15) is 13.2 Å². The Labute approximate surface area is 395 Å². The van der Waals surface area contributed by atoms with Crippen LogP contribution in [0.5, 0.6) is 0 Å². The van der Waals surface area contributed by atoms with Crippen LogP contribution in [0.3, 0.4) is 0 Å². The van der Waals surface area contributed by atoms with Crippen LogP contribution in [0.15, 0.2) is 97.1 Å². The zero-order chi connectivity index (χ0) is 48.1. The van der Waals surface area contributed by atoms with E-state index in [2.05, 4.69) is 29.6 Å². The molecule has 1 amide bonds. The predicted molar refractivity (Wildman–Crippen MR) is 247 cm³/mol. The quantitative estimate of drug-likeness (QED) is 0.0356. The van der Waals surface area contributed by atoms with Crippen LogP contribution in [-0.2, 0) is 58.3 Å². The first kappa shape index (κ1) is 53.8. The minimum atomic E-state index is -4.48. The highest BCUT2D eigenvalue weighted by Crippen LogP contribution is 2.44.